The van der Waals surface area contributed by atoms with E-state index >= 15 is 0 Å². The van der Waals surface area contributed by atoms with E-state index in [1.54, 1.807) is 0 Å². The molecule has 1 atom stereocenters. The van der Waals surface area contributed by atoms with Gasteiger partial charge < -0.3 is 10.6 Å². The molecule has 2 N–H and O–H groups in total. The summed E-state index contributed by atoms with van der Waals surface area (Å²) in [6, 6.07) is 0. The van der Waals surface area contributed by atoms with Crippen LogP contribution in [0.4, 0.5) is 0 Å². The normalized spacial score (nSPS) is 25.6. The van der Waals surface area contributed by atoms with Crippen LogP contribution in [0.5, 0.6) is 0 Å². The van der Waals surface area contributed by atoms with Gasteiger partial charge in [-0.15, -0.1) is 0 Å². The van der Waals surface area contributed by atoms with Gasteiger partial charge in [-0.3, -0.25) is 0 Å². The average Bonchev–Trinajstić information content (AvgIpc) is 2.41. The Morgan fingerprint density at radius 3 is 2.74 bits per heavy atom. The van der Waals surface area contributed by atoms with Crippen molar-refractivity contribution in [2.45, 2.75) is 45.4 Å². The van der Waals surface area contributed by atoms with E-state index in [0.29, 0.717) is 0 Å². The molecule has 1 fully saturated rings. The zero-order valence-electron chi connectivity index (χ0n) is 12.5. The zero-order chi connectivity index (χ0) is 13.5. The highest BCUT2D eigenvalue weighted by Crippen LogP contribution is 2.25. The van der Waals surface area contributed by atoms with E-state index in [0.717, 1.165) is 18.4 Å². The largest absolute Gasteiger partial charge is 0.330 e. The molecule has 1 heterocycles. The van der Waals surface area contributed by atoms with Crippen LogP contribution in [0, 0.1) is 11.8 Å². The molecule has 0 radical (unpaired) electrons. The quantitative estimate of drug-likeness (QED) is 0.744. The summed E-state index contributed by atoms with van der Waals surface area (Å²) in [7, 11) is 0. The van der Waals surface area contributed by atoms with Gasteiger partial charge in [0.1, 0.15) is 0 Å². The second-order valence-electron chi connectivity index (χ2n) is 6.39. The number of piperidine rings is 1. The first-order valence-electron chi connectivity index (χ1n) is 8.04. The minimum atomic E-state index is 0.749. The molecule has 2 rings (SSSR count). The number of hydrogen-bond donors (Lipinski definition) is 1. The monoisotopic (exact) mass is 262 g/mol. The van der Waals surface area contributed by atoms with Crippen LogP contribution in [0.25, 0.3) is 0 Å². The smallest absolute Gasteiger partial charge is 0.00475 e. The van der Waals surface area contributed by atoms with Crippen molar-refractivity contribution in [3.05, 3.63) is 23.8 Å². The highest BCUT2D eigenvalue weighted by Gasteiger charge is 2.21. The first-order chi connectivity index (χ1) is 9.28. The maximum Gasteiger partial charge on any atom is 0.00475 e. The number of likely N-dealkylation sites (tertiary alicyclic amines) is 1. The van der Waals surface area contributed by atoms with E-state index in [9.17, 15) is 0 Å². The minimum Gasteiger partial charge on any atom is -0.330 e. The molecule has 0 bridgehead atoms. The minimum absolute atomic E-state index is 0.749. The van der Waals surface area contributed by atoms with Crippen LogP contribution in [0.3, 0.4) is 0 Å². The fourth-order valence-electron chi connectivity index (χ4n) is 3.42. The van der Waals surface area contributed by atoms with E-state index < -0.39 is 0 Å². The summed E-state index contributed by atoms with van der Waals surface area (Å²) in [5, 5.41) is 0. The third-order valence-corrected chi connectivity index (χ3v) is 4.61. The molecule has 0 saturated carbocycles. The third-order valence-electron chi connectivity index (χ3n) is 4.61. The Morgan fingerprint density at radius 1 is 1.26 bits per heavy atom. The molecule has 0 aromatic heterocycles. The van der Waals surface area contributed by atoms with Gasteiger partial charge in [0, 0.05) is 6.54 Å². The number of nitrogens with two attached hydrogens (primary N) is 1. The van der Waals surface area contributed by atoms with E-state index in [1.807, 2.05) is 0 Å². The fourth-order valence-corrected chi connectivity index (χ4v) is 3.42. The Hall–Kier alpha value is -0.600. The number of unbranched alkanes of at least 4 members (excludes halogenated alkanes) is 1. The van der Waals surface area contributed by atoms with Crippen molar-refractivity contribution in [3.8, 4) is 0 Å². The number of nitrogens with zero attached hydrogens (tertiary/aromatic N) is 1. The standard InChI is InChI=1S/C17H30N2/c1-15-5-4-7-17(13-15)14-19-11-8-16(9-12-19)6-2-3-10-18/h4-5,7,16-17H,2-3,6,8-14,18H2,1H3. The van der Waals surface area contributed by atoms with Gasteiger partial charge in [-0.05, 0) is 64.1 Å². The number of rotatable bonds is 6. The Kier molecular flexibility index (Phi) is 6.12. The van der Waals surface area contributed by atoms with Gasteiger partial charge in [0.05, 0.1) is 0 Å². The summed E-state index contributed by atoms with van der Waals surface area (Å²) < 4.78 is 0. The van der Waals surface area contributed by atoms with Gasteiger partial charge in [0.25, 0.3) is 0 Å². The van der Waals surface area contributed by atoms with Gasteiger partial charge >= 0.3 is 0 Å². The topological polar surface area (TPSA) is 29.3 Å². The highest BCUT2D eigenvalue weighted by molar-refractivity contribution is 5.18. The van der Waals surface area contributed by atoms with E-state index in [2.05, 4.69) is 30.1 Å². The molecule has 1 aliphatic heterocycles. The van der Waals surface area contributed by atoms with Crippen molar-refractivity contribution >= 4 is 0 Å². The first-order valence-corrected chi connectivity index (χ1v) is 8.04. The van der Waals surface area contributed by atoms with Crippen LogP contribution in [0.1, 0.15) is 45.4 Å². The maximum atomic E-state index is 5.56. The average molecular weight is 262 g/mol. The molecule has 2 nitrogen and oxygen atoms in total. The molecule has 0 aromatic rings. The summed E-state index contributed by atoms with van der Waals surface area (Å²) in [5.41, 5.74) is 7.09. The van der Waals surface area contributed by atoms with Gasteiger partial charge in [0.15, 0.2) is 0 Å². The summed E-state index contributed by atoms with van der Waals surface area (Å²) in [4.78, 5) is 2.67. The van der Waals surface area contributed by atoms with E-state index in [4.69, 9.17) is 5.73 Å². The van der Waals surface area contributed by atoms with E-state index in [1.165, 1.54) is 63.7 Å². The number of allylic oxidation sites excluding steroid dienone is 3. The number of hydrogen-bond acceptors (Lipinski definition) is 2. The van der Waals surface area contributed by atoms with E-state index in [-0.39, 0.29) is 0 Å². The summed E-state index contributed by atoms with van der Waals surface area (Å²) in [6.07, 6.45) is 14.9. The van der Waals surface area contributed by atoms with Crippen molar-refractivity contribution in [1.82, 2.24) is 4.90 Å². The lowest BCUT2D eigenvalue weighted by Gasteiger charge is -2.34. The molecule has 108 valence electrons. The summed E-state index contributed by atoms with van der Waals surface area (Å²) in [5.74, 6) is 1.71. The van der Waals surface area contributed by atoms with Crippen LogP contribution >= 0.6 is 0 Å². The zero-order valence-corrected chi connectivity index (χ0v) is 12.5. The molecule has 0 spiro atoms. The molecule has 0 aromatic carbocycles. The van der Waals surface area contributed by atoms with Crippen molar-refractivity contribution in [1.29, 1.82) is 0 Å². The van der Waals surface area contributed by atoms with Crippen LogP contribution in [-0.2, 0) is 0 Å². The predicted molar refractivity (Wildman–Crippen MR) is 83.1 cm³/mol. The highest BCUT2D eigenvalue weighted by atomic mass is 15.1. The fraction of sp³-hybridized carbons (Fsp3) is 0.765. The van der Waals surface area contributed by atoms with Crippen molar-refractivity contribution < 1.29 is 0 Å². The van der Waals surface area contributed by atoms with Gasteiger partial charge in [-0.1, -0.05) is 36.6 Å². The Bertz CT molecular complexity index is 311. The van der Waals surface area contributed by atoms with Gasteiger partial charge in [-0.2, -0.15) is 0 Å². The Balaban J connectivity index is 1.63. The lowest BCUT2D eigenvalue weighted by Crippen LogP contribution is -2.37. The lowest BCUT2D eigenvalue weighted by molar-refractivity contribution is 0.163. The SMILES string of the molecule is CC1=CC=CC(CN2CCC(CCCCN)CC2)C1. The predicted octanol–water partition coefficient (Wildman–Crippen LogP) is 3.35. The van der Waals surface area contributed by atoms with Crippen LogP contribution < -0.4 is 5.73 Å². The van der Waals surface area contributed by atoms with Crippen LogP contribution in [0.15, 0.2) is 23.8 Å². The maximum absolute atomic E-state index is 5.56. The first kappa shape index (κ1) is 14.8. The molecule has 1 saturated heterocycles. The van der Waals surface area contributed by atoms with Gasteiger partial charge in [0.2, 0.25) is 0 Å². The summed E-state index contributed by atoms with van der Waals surface area (Å²) >= 11 is 0. The molecule has 2 aliphatic rings. The molecule has 0 amide bonds. The molecule has 1 unspecified atom stereocenters. The molecule has 1 aliphatic carbocycles. The summed E-state index contributed by atoms with van der Waals surface area (Å²) in [6.45, 7) is 6.98. The van der Waals surface area contributed by atoms with Crippen molar-refractivity contribution in [3.63, 3.8) is 0 Å². The van der Waals surface area contributed by atoms with Gasteiger partial charge in [-0.25, -0.2) is 0 Å². The Labute approximate surface area is 118 Å². The van der Waals surface area contributed by atoms with Crippen molar-refractivity contribution in [2.24, 2.45) is 17.6 Å². The molecule has 2 heteroatoms. The van der Waals surface area contributed by atoms with Crippen LogP contribution in [-0.4, -0.2) is 31.1 Å². The molecular formula is C17H30N2. The van der Waals surface area contributed by atoms with Crippen molar-refractivity contribution in [2.75, 3.05) is 26.2 Å². The lowest BCUT2D eigenvalue weighted by atomic mass is 9.90. The second kappa shape index (κ2) is 7.86. The Morgan fingerprint density at radius 2 is 2.05 bits per heavy atom. The second-order valence-corrected chi connectivity index (χ2v) is 6.39. The third kappa shape index (κ3) is 5.12. The molecular weight excluding hydrogens is 232 g/mol. The van der Waals surface area contributed by atoms with Crippen LogP contribution in [0.2, 0.25) is 0 Å². The molecule has 19 heavy (non-hydrogen) atoms.